The van der Waals surface area contributed by atoms with E-state index in [0.717, 1.165) is 18.9 Å². The molecule has 1 N–H and O–H groups in total. The number of carboxylic acids is 1. The highest BCUT2D eigenvalue weighted by Gasteiger charge is 2.33. The first-order valence-corrected chi connectivity index (χ1v) is 7.45. The smallest absolute Gasteiger partial charge is 0.416 e. The molecule has 1 fully saturated rings. The molecule has 23 heavy (non-hydrogen) atoms. The highest BCUT2D eigenvalue weighted by atomic mass is 35.5. The molecular weight excluding hydrogens is 331 g/mol. The van der Waals surface area contributed by atoms with Gasteiger partial charge in [0.15, 0.2) is 0 Å². The second kappa shape index (κ2) is 8.55. The molecule has 1 aromatic carbocycles. The van der Waals surface area contributed by atoms with E-state index in [9.17, 15) is 18.0 Å². The fourth-order valence-electron chi connectivity index (χ4n) is 3.00. The highest BCUT2D eigenvalue weighted by molar-refractivity contribution is 5.85. The Bertz CT molecular complexity index is 514. The van der Waals surface area contributed by atoms with E-state index < -0.39 is 17.7 Å². The van der Waals surface area contributed by atoms with E-state index in [0.29, 0.717) is 37.4 Å². The molecule has 1 saturated heterocycles. The van der Waals surface area contributed by atoms with Crippen molar-refractivity contribution in [2.75, 3.05) is 19.6 Å². The third kappa shape index (κ3) is 6.03. The van der Waals surface area contributed by atoms with Crippen LogP contribution in [0.25, 0.3) is 0 Å². The van der Waals surface area contributed by atoms with Crippen molar-refractivity contribution in [1.29, 1.82) is 0 Å². The Kier molecular flexibility index (Phi) is 7.35. The van der Waals surface area contributed by atoms with Crippen molar-refractivity contribution in [3.8, 4) is 0 Å². The van der Waals surface area contributed by atoms with Gasteiger partial charge in [0.1, 0.15) is 0 Å². The summed E-state index contributed by atoms with van der Waals surface area (Å²) >= 11 is 0. The number of aryl methyl sites for hydroxylation is 1. The Morgan fingerprint density at radius 1 is 1.22 bits per heavy atom. The molecule has 0 radical (unpaired) electrons. The van der Waals surface area contributed by atoms with Crippen molar-refractivity contribution in [3.63, 3.8) is 0 Å². The number of carboxylic acid groups (broad SMARTS) is 1. The van der Waals surface area contributed by atoms with Gasteiger partial charge in [-0.2, -0.15) is 13.2 Å². The van der Waals surface area contributed by atoms with Crippen molar-refractivity contribution in [3.05, 3.63) is 35.4 Å². The molecule has 3 nitrogen and oxygen atoms in total. The summed E-state index contributed by atoms with van der Waals surface area (Å²) in [7, 11) is 0. The quantitative estimate of drug-likeness (QED) is 0.875. The molecule has 1 aliphatic rings. The predicted octanol–water partition coefficient (Wildman–Crippen LogP) is 3.86. The first-order chi connectivity index (χ1) is 10.4. The zero-order valence-electron chi connectivity index (χ0n) is 12.7. The summed E-state index contributed by atoms with van der Waals surface area (Å²) in [4.78, 5) is 12.5. The normalized spacial score (nSPS) is 16.8. The average Bonchev–Trinajstić information content (AvgIpc) is 2.45. The van der Waals surface area contributed by atoms with Gasteiger partial charge in [-0.3, -0.25) is 9.69 Å². The average molecular weight is 352 g/mol. The maximum atomic E-state index is 12.9. The third-order valence-electron chi connectivity index (χ3n) is 4.21. The summed E-state index contributed by atoms with van der Waals surface area (Å²) in [5.41, 5.74) is -0.193. The van der Waals surface area contributed by atoms with Gasteiger partial charge in [0.25, 0.3) is 0 Å². The monoisotopic (exact) mass is 351 g/mol. The zero-order chi connectivity index (χ0) is 16.2. The number of aliphatic carboxylic acids is 1. The van der Waals surface area contributed by atoms with E-state index in [4.69, 9.17) is 5.11 Å². The number of halogens is 4. The van der Waals surface area contributed by atoms with Gasteiger partial charge in [0, 0.05) is 0 Å². The molecule has 2 rings (SSSR count). The van der Waals surface area contributed by atoms with Gasteiger partial charge in [0.05, 0.1) is 12.1 Å². The Hall–Kier alpha value is -1.27. The minimum Gasteiger partial charge on any atom is -0.480 e. The number of carbonyl (C=O) groups is 1. The molecule has 0 bridgehead atoms. The van der Waals surface area contributed by atoms with Crippen LogP contribution in [-0.2, 0) is 17.4 Å². The van der Waals surface area contributed by atoms with Crippen LogP contribution in [0.15, 0.2) is 24.3 Å². The van der Waals surface area contributed by atoms with Gasteiger partial charge >= 0.3 is 12.1 Å². The molecule has 0 atom stereocenters. The van der Waals surface area contributed by atoms with Crippen molar-refractivity contribution in [2.45, 2.75) is 31.9 Å². The fraction of sp³-hybridized carbons (Fsp3) is 0.562. The Morgan fingerprint density at radius 3 is 2.39 bits per heavy atom. The van der Waals surface area contributed by atoms with Gasteiger partial charge in [-0.1, -0.05) is 18.2 Å². The summed E-state index contributed by atoms with van der Waals surface area (Å²) < 4.78 is 38.8. The molecule has 0 amide bonds. The van der Waals surface area contributed by atoms with Crippen molar-refractivity contribution in [2.24, 2.45) is 5.92 Å². The SMILES string of the molecule is Cl.O=C(O)CN1CCC(CCc2ccccc2C(F)(F)F)CC1. The lowest BCUT2D eigenvalue weighted by Crippen LogP contribution is -2.37. The van der Waals surface area contributed by atoms with E-state index in [1.165, 1.54) is 6.07 Å². The van der Waals surface area contributed by atoms with Crippen LogP contribution < -0.4 is 0 Å². The van der Waals surface area contributed by atoms with Crippen molar-refractivity contribution in [1.82, 2.24) is 4.90 Å². The summed E-state index contributed by atoms with van der Waals surface area (Å²) in [5.74, 6) is -0.469. The van der Waals surface area contributed by atoms with E-state index in [-0.39, 0.29) is 19.0 Å². The zero-order valence-corrected chi connectivity index (χ0v) is 13.5. The number of nitrogens with zero attached hydrogens (tertiary/aromatic N) is 1. The molecule has 0 aliphatic carbocycles. The first-order valence-electron chi connectivity index (χ1n) is 7.45. The Labute approximate surface area is 139 Å². The van der Waals surface area contributed by atoms with Crippen LogP contribution in [0, 0.1) is 5.92 Å². The number of hydrogen-bond donors (Lipinski definition) is 1. The maximum Gasteiger partial charge on any atom is 0.416 e. The largest absolute Gasteiger partial charge is 0.480 e. The van der Waals surface area contributed by atoms with Crippen molar-refractivity contribution >= 4 is 18.4 Å². The number of benzene rings is 1. The molecule has 0 unspecified atom stereocenters. The van der Waals surface area contributed by atoms with Crippen molar-refractivity contribution < 1.29 is 23.1 Å². The van der Waals surface area contributed by atoms with E-state index >= 15 is 0 Å². The van der Waals surface area contributed by atoms with Gasteiger partial charge in [-0.15, -0.1) is 12.4 Å². The molecule has 0 saturated carbocycles. The number of rotatable bonds is 5. The van der Waals surface area contributed by atoms with Crippen LogP contribution in [0.3, 0.4) is 0 Å². The van der Waals surface area contributed by atoms with Gasteiger partial charge < -0.3 is 5.11 Å². The number of hydrogen-bond acceptors (Lipinski definition) is 2. The van der Waals surface area contributed by atoms with Crippen LogP contribution in [0.4, 0.5) is 13.2 Å². The summed E-state index contributed by atoms with van der Waals surface area (Å²) in [6, 6.07) is 5.73. The van der Waals surface area contributed by atoms with E-state index in [2.05, 4.69) is 0 Å². The molecule has 130 valence electrons. The summed E-state index contributed by atoms with van der Waals surface area (Å²) in [6.45, 7) is 1.46. The number of alkyl halides is 3. The molecule has 1 aromatic rings. The molecule has 0 spiro atoms. The molecule has 0 aromatic heterocycles. The van der Waals surface area contributed by atoms with Crippen LogP contribution in [0.5, 0.6) is 0 Å². The molecular formula is C16H21ClF3NO2. The maximum absolute atomic E-state index is 12.9. The summed E-state index contributed by atoms with van der Waals surface area (Å²) in [5, 5.41) is 8.74. The van der Waals surface area contributed by atoms with Gasteiger partial charge in [-0.25, -0.2) is 0 Å². The van der Waals surface area contributed by atoms with Gasteiger partial charge in [-0.05, 0) is 56.3 Å². The second-order valence-corrected chi connectivity index (χ2v) is 5.81. The molecule has 1 aliphatic heterocycles. The lowest BCUT2D eigenvalue weighted by molar-refractivity contribution is -0.139. The van der Waals surface area contributed by atoms with Gasteiger partial charge in [0.2, 0.25) is 0 Å². The number of likely N-dealkylation sites (tertiary alicyclic amines) is 1. The first kappa shape index (κ1) is 19.8. The minimum absolute atomic E-state index is 0. The highest BCUT2D eigenvalue weighted by Crippen LogP contribution is 2.33. The topological polar surface area (TPSA) is 40.5 Å². The third-order valence-corrected chi connectivity index (χ3v) is 4.21. The predicted molar refractivity (Wildman–Crippen MR) is 83.8 cm³/mol. The molecule has 1 heterocycles. The molecule has 7 heteroatoms. The number of piperidine rings is 1. The summed E-state index contributed by atoms with van der Waals surface area (Å²) in [6.07, 6.45) is -1.47. The fourth-order valence-corrected chi connectivity index (χ4v) is 3.00. The lowest BCUT2D eigenvalue weighted by Gasteiger charge is -2.30. The lowest BCUT2D eigenvalue weighted by atomic mass is 9.89. The van der Waals surface area contributed by atoms with E-state index in [1.54, 1.807) is 12.1 Å². The van der Waals surface area contributed by atoms with Crippen LogP contribution in [0.2, 0.25) is 0 Å². The standard InChI is InChI=1S/C16H20F3NO2.ClH/c17-16(18,19)14-4-2-1-3-13(14)6-5-12-7-9-20(10-8-12)11-15(21)22;/h1-4,12H,5-11H2,(H,21,22);1H. The van der Waals surface area contributed by atoms with Crippen LogP contribution >= 0.6 is 12.4 Å². The van der Waals surface area contributed by atoms with Crippen LogP contribution in [-0.4, -0.2) is 35.6 Å². The van der Waals surface area contributed by atoms with E-state index in [1.807, 2.05) is 4.90 Å². The van der Waals surface area contributed by atoms with Crippen LogP contribution in [0.1, 0.15) is 30.4 Å². The minimum atomic E-state index is -4.30. The Balaban J connectivity index is 0.00000264. The Morgan fingerprint density at radius 2 is 1.83 bits per heavy atom. The second-order valence-electron chi connectivity index (χ2n) is 5.81.